The van der Waals surface area contributed by atoms with E-state index >= 15 is 0 Å². The standard InChI is InChI=1S/C13H14N4O4/c1-7(2)15-12-13(19)16-11(6-14-12)8-3-9(17(20)21)5-10(18)4-8/h3-7,18H,1-2H3,(H,14,15)(H,16,19). The van der Waals surface area contributed by atoms with Gasteiger partial charge in [-0.1, -0.05) is 0 Å². The van der Waals surface area contributed by atoms with Gasteiger partial charge in [-0.05, 0) is 19.9 Å². The van der Waals surface area contributed by atoms with E-state index in [1.54, 1.807) is 0 Å². The Labute approximate surface area is 119 Å². The van der Waals surface area contributed by atoms with Crippen LogP contribution in [0.2, 0.25) is 0 Å². The summed E-state index contributed by atoms with van der Waals surface area (Å²) in [4.78, 5) is 28.6. The van der Waals surface area contributed by atoms with Crippen LogP contribution in [-0.2, 0) is 0 Å². The minimum Gasteiger partial charge on any atom is -0.508 e. The van der Waals surface area contributed by atoms with E-state index in [9.17, 15) is 20.0 Å². The maximum absolute atomic E-state index is 11.9. The number of nitrogens with one attached hydrogen (secondary N) is 2. The summed E-state index contributed by atoms with van der Waals surface area (Å²) in [6, 6.07) is 3.65. The molecular weight excluding hydrogens is 276 g/mol. The molecule has 0 aliphatic rings. The molecule has 2 aromatic rings. The van der Waals surface area contributed by atoms with Crippen molar-refractivity contribution >= 4 is 11.5 Å². The predicted molar refractivity (Wildman–Crippen MR) is 77.4 cm³/mol. The van der Waals surface area contributed by atoms with Gasteiger partial charge in [-0.25, -0.2) is 4.98 Å². The van der Waals surface area contributed by atoms with E-state index in [0.717, 1.165) is 6.07 Å². The number of phenols is 1. The van der Waals surface area contributed by atoms with Gasteiger partial charge in [-0.15, -0.1) is 0 Å². The van der Waals surface area contributed by atoms with E-state index in [0.29, 0.717) is 5.56 Å². The van der Waals surface area contributed by atoms with Crippen LogP contribution in [0.1, 0.15) is 13.8 Å². The van der Waals surface area contributed by atoms with Crippen molar-refractivity contribution in [2.75, 3.05) is 5.32 Å². The number of phenolic OH excluding ortho intramolecular Hbond substituents is 1. The molecule has 0 atom stereocenters. The molecule has 8 heteroatoms. The molecule has 0 radical (unpaired) electrons. The molecule has 0 saturated heterocycles. The van der Waals surface area contributed by atoms with E-state index in [2.05, 4.69) is 15.3 Å². The Hall–Kier alpha value is -2.90. The molecule has 2 rings (SSSR count). The molecule has 0 fully saturated rings. The topological polar surface area (TPSA) is 121 Å². The largest absolute Gasteiger partial charge is 0.508 e. The lowest BCUT2D eigenvalue weighted by atomic mass is 10.1. The van der Waals surface area contributed by atoms with Gasteiger partial charge in [0.15, 0.2) is 5.82 Å². The third-order valence-corrected chi connectivity index (χ3v) is 2.64. The molecular formula is C13H14N4O4. The minimum absolute atomic E-state index is 0.0475. The first-order valence-corrected chi connectivity index (χ1v) is 6.21. The highest BCUT2D eigenvalue weighted by atomic mass is 16.6. The Kier molecular flexibility index (Phi) is 3.88. The summed E-state index contributed by atoms with van der Waals surface area (Å²) < 4.78 is 0. The van der Waals surface area contributed by atoms with E-state index in [1.807, 2.05) is 13.8 Å². The van der Waals surface area contributed by atoms with Crippen LogP contribution in [0.25, 0.3) is 11.3 Å². The number of H-pyrrole nitrogens is 1. The summed E-state index contributed by atoms with van der Waals surface area (Å²) >= 11 is 0. The van der Waals surface area contributed by atoms with Crippen LogP contribution in [0.5, 0.6) is 5.75 Å². The normalized spacial score (nSPS) is 10.6. The predicted octanol–water partition coefficient (Wildman–Crippen LogP) is 1.87. The number of aromatic nitrogens is 2. The number of rotatable bonds is 4. The number of aromatic hydroxyl groups is 1. The van der Waals surface area contributed by atoms with Crippen LogP contribution in [0.3, 0.4) is 0 Å². The van der Waals surface area contributed by atoms with E-state index in [1.165, 1.54) is 18.3 Å². The van der Waals surface area contributed by atoms with Gasteiger partial charge < -0.3 is 15.4 Å². The summed E-state index contributed by atoms with van der Waals surface area (Å²) in [5, 5.41) is 23.2. The Morgan fingerprint density at radius 2 is 2.10 bits per heavy atom. The quantitative estimate of drug-likeness (QED) is 0.583. The number of hydrogen-bond donors (Lipinski definition) is 3. The van der Waals surface area contributed by atoms with Crippen LogP contribution >= 0.6 is 0 Å². The molecule has 0 bridgehead atoms. The number of nitro benzene ring substituents is 1. The Balaban J connectivity index is 2.45. The second-order valence-electron chi connectivity index (χ2n) is 4.77. The third kappa shape index (κ3) is 3.35. The molecule has 1 heterocycles. The first kappa shape index (κ1) is 14.5. The van der Waals surface area contributed by atoms with Crippen molar-refractivity contribution in [1.29, 1.82) is 0 Å². The molecule has 1 aromatic carbocycles. The molecule has 110 valence electrons. The highest BCUT2D eigenvalue weighted by Gasteiger charge is 2.12. The molecule has 21 heavy (non-hydrogen) atoms. The summed E-state index contributed by atoms with van der Waals surface area (Å²) in [7, 11) is 0. The number of benzene rings is 1. The molecule has 3 N–H and O–H groups in total. The highest BCUT2D eigenvalue weighted by Crippen LogP contribution is 2.27. The molecule has 0 spiro atoms. The van der Waals surface area contributed by atoms with Crippen LogP contribution in [-0.4, -0.2) is 26.0 Å². The smallest absolute Gasteiger partial charge is 0.291 e. The zero-order valence-electron chi connectivity index (χ0n) is 11.5. The van der Waals surface area contributed by atoms with E-state index < -0.39 is 10.5 Å². The summed E-state index contributed by atoms with van der Waals surface area (Å²) in [6.07, 6.45) is 1.38. The van der Waals surface area contributed by atoms with Crippen LogP contribution in [0, 0.1) is 10.1 Å². The Bertz CT molecular complexity index is 739. The molecule has 0 amide bonds. The highest BCUT2D eigenvalue weighted by molar-refractivity contribution is 5.64. The maximum atomic E-state index is 11.9. The zero-order valence-corrected chi connectivity index (χ0v) is 11.5. The van der Waals surface area contributed by atoms with Gasteiger partial charge in [0.25, 0.3) is 11.2 Å². The minimum atomic E-state index is -0.622. The van der Waals surface area contributed by atoms with Crippen LogP contribution in [0.15, 0.2) is 29.2 Å². The summed E-state index contributed by atoms with van der Waals surface area (Å²) in [5.74, 6) is -0.0900. The lowest BCUT2D eigenvalue weighted by molar-refractivity contribution is -0.384. The van der Waals surface area contributed by atoms with Crippen molar-refractivity contribution < 1.29 is 10.0 Å². The lowest BCUT2D eigenvalue weighted by Crippen LogP contribution is -2.21. The van der Waals surface area contributed by atoms with Gasteiger partial charge in [0, 0.05) is 17.7 Å². The number of non-ortho nitro benzene ring substituents is 1. The van der Waals surface area contributed by atoms with E-state index in [4.69, 9.17) is 0 Å². The number of anilines is 1. The van der Waals surface area contributed by atoms with Gasteiger partial charge in [0.2, 0.25) is 0 Å². The molecule has 0 saturated carbocycles. The monoisotopic (exact) mass is 290 g/mol. The second-order valence-corrected chi connectivity index (χ2v) is 4.77. The molecule has 0 unspecified atom stereocenters. The fraction of sp³-hybridized carbons (Fsp3) is 0.231. The van der Waals surface area contributed by atoms with Gasteiger partial charge in [-0.2, -0.15) is 0 Å². The molecule has 1 aromatic heterocycles. The van der Waals surface area contributed by atoms with Crippen LogP contribution < -0.4 is 10.9 Å². The maximum Gasteiger partial charge on any atom is 0.291 e. The average Bonchev–Trinajstić information content (AvgIpc) is 2.39. The molecule has 0 aliphatic carbocycles. The number of aromatic amines is 1. The van der Waals surface area contributed by atoms with Crippen molar-refractivity contribution in [1.82, 2.24) is 9.97 Å². The Morgan fingerprint density at radius 3 is 2.67 bits per heavy atom. The molecule has 8 nitrogen and oxygen atoms in total. The zero-order chi connectivity index (χ0) is 15.6. The van der Waals surface area contributed by atoms with Gasteiger partial charge >= 0.3 is 0 Å². The second kappa shape index (κ2) is 5.61. The number of nitrogens with zero attached hydrogens (tertiary/aromatic N) is 2. The molecule has 0 aliphatic heterocycles. The number of hydrogen-bond acceptors (Lipinski definition) is 6. The van der Waals surface area contributed by atoms with Gasteiger partial charge in [0.1, 0.15) is 5.75 Å². The first-order valence-electron chi connectivity index (χ1n) is 6.21. The van der Waals surface area contributed by atoms with E-state index in [-0.39, 0.29) is 29.0 Å². The fourth-order valence-corrected chi connectivity index (χ4v) is 1.78. The van der Waals surface area contributed by atoms with Crippen LogP contribution in [0.4, 0.5) is 11.5 Å². The first-order chi connectivity index (χ1) is 9.86. The van der Waals surface area contributed by atoms with Crippen molar-refractivity contribution in [2.45, 2.75) is 19.9 Å². The average molecular weight is 290 g/mol. The lowest BCUT2D eigenvalue weighted by Gasteiger charge is -2.08. The SMILES string of the molecule is CC(C)Nc1ncc(-c2cc(O)cc([N+](=O)[O-])c2)[nH]c1=O. The van der Waals surface area contributed by atoms with Gasteiger partial charge in [-0.3, -0.25) is 14.9 Å². The van der Waals surface area contributed by atoms with Crippen molar-refractivity contribution in [2.24, 2.45) is 0 Å². The van der Waals surface area contributed by atoms with Gasteiger partial charge in [0.05, 0.1) is 22.9 Å². The van der Waals surface area contributed by atoms with Crippen molar-refractivity contribution in [3.63, 3.8) is 0 Å². The fourth-order valence-electron chi connectivity index (χ4n) is 1.78. The Morgan fingerprint density at radius 1 is 1.38 bits per heavy atom. The third-order valence-electron chi connectivity index (χ3n) is 2.64. The summed E-state index contributed by atoms with van der Waals surface area (Å²) in [6.45, 7) is 3.74. The van der Waals surface area contributed by atoms with Crippen molar-refractivity contribution in [3.8, 4) is 17.0 Å². The van der Waals surface area contributed by atoms with Crippen molar-refractivity contribution in [3.05, 3.63) is 44.9 Å². The summed E-state index contributed by atoms with van der Waals surface area (Å²) in [5.41, 5.74) is -0.113. The number of nitro groups is 1.